The Morgan fingerprint density at radius 3 is 2.65 bits per heavy atom. The van der Waals surface area contributed by atoms with Gasteiger partial charge in [0.2, 0.25) is 0 Å². The lowest BCUT2D eigenvalue weighted by molar-refractivity contribution is 0.0797. The van der Waals surface area contributed by atoms with Gasteiger partial charge < -0.3 is 4.90 Å². The molecule has 0 unspecified atom stereocenters. The van der Waals surface area contributed by atoms with Crippen molar-refractivity contribution >= 4 is 27.3 Å². The SMILES string of the molecule is O=C(c1ccc(S(=O)(=O)N[C@H]2CCCc3ccccc32)s1)N1CCCC1. The molecule has 2 aromatic rings. The van der Waals surface area contributed by atoms with Gasteiger partial charge in [-0.3, -0.25) is 4.79 Å². The van der Waals surface area contributed by atoms with Gasteiger partial charge in [0.15, 0.2) is 0 Å². The number of fused-ring (bicyclic) bond motifs is 1. The Bertz CT molecular complexity index is 914. The number of carbonyl (C=O) groups is 1. The highest BCUT2D eigenvalue weighted by Crippen LogP contribution is 2.32. The molecule has 2 heterocycles. The molecule has 1 atom stereocenters. The summed E-state index contributed by atoms with van der Waals surface area (Å²) >= 11 is 1.06. The fraction of sp³-hybridized carbons (Fsp3) is 0.421. The Labute approximate surface area is 158 Å². The summed E-state index contributed by atoms with van der Waals surface area (Å²) in [6.45, 7) is 1.52. The summed E-state index contributed by atoms with van der Waals surface area (Å²) in [5.41, 5.74) is 2.27. The zero-order valence-corrected chi connectivity index (χ0v) is 16.1. The summed E-state index contributed by atoms with van der Waals surface area (Å²) in [5, 5.41) is 0. The third-order valence-electron chi connectivity index (χ3n) is 5.12. The van der Waals surface area contributed by atoms with Crippen molar-refractivity contribution in [1.82, 2.24) is 9.62 Å². The molecule has 7 heteroatoms. The average molecular weight is 391 g/mol. The summed E-state index contributed by atoms with van der Waals surface area (Å²) in [4.78, 5) is 14.8. The number of amides is 1. The number of nitrogens with one attached hydrogen (secondary N) is 1. The monoisotopic (exact) mass is 390 g/mol. The van der Waals surface area contributed by atoms with E-state index in [1.165, 1.54) is 5.56 Å². The van der Waals surface area contributed by atoms with E-state index in [9.17, 15) is 13.2 Å². The number of hydrogen-bond acceptors (Lipinski definition) is 4. The number of rotatable bonds is 4. The van der Waals surface area contributed by atoms with Crippen molar-refractivity contribution in [1.29, 1.82) is 0 Å². The van der Waals surface area contributed by atoms with Gasteiger partial charge >= 0.3 is 0 Å². The van der Waals surface area contributed by atoms with Crippen LogP contribution in [0.25, 0.3) is 0 Å². The highest BCUT2D eigenvalue weighted by Gasteiger charge is 2.28. The maximum absolute atomic E-state index is 12.8. The molecule has 1 aliphatic carbocycles. The molecule has 1 aliphatic heterocycles. The van der Waals surface area contributed by atoms with Gasteiger partial charge in [-0.15, -0.1) is 11.3 Å². The van der Waals surface area contributed by atoms with E-state index < -0.39 is 10.0 Å². The van der Waals surface area contributed by atoms with Crippen molar-refractivity contribution in [2.75, 3.05) is 13.1 Å². The van der Waals surface area contributed by atoms with Crippen LogP contribution in [0.1, 0.15) is 52.5 Å². The zero-order chi connectivity index (χ0) is 18.1. The molecule has 2 aliphatic rings. The number of likely N-dealkylation sites (tertiary alicyclic amines) is 1. The Hall–Kier alpha value is -1.70. The lowest BCUT2D eigenvalue weighted by Gasteiger charge is -2.25. The van der Waals surface area contributed by atoms with Crippen molar-refractivity contribution in [3.05, 3.63) is 52.4 Å². The molecule has 1 aromatic carbocycles. The minimum atomic E-state index is -3.64. The fourth-order valence-corrected chi connectivity index (χ4v) is 6.32. The number of thiophene rings is 1. The molecule has 0 saturated carbocycles. The Kier molecular flexibility index (Phi) is 4.86. The average Bonchev–Trinajstić information content (AvgIpc) is 3.33. The minimum absolute atomic E-state index is 0.0584. The van der Waals surface area contributed by atoms with E-state index in [0.29, 0.717) is 4.88 Å². The number of hydrogen-bond donors (Lipinski definition) is 1. The highest BCUT2D eigenvalue weighted by atomic mass is 32.2. The van der Waals surface area contributed by atoms with Crippen molar-refractivity contribution in [2.24, 2.45) is 0 Å². The van der Waals surface area contributed by atoms with Crippen LogP contribution in [-0.4, -0.2) is 32.3 Å². The van der Waals surface area contributed by atoms with Crippen molar-refractivity contribution in [3.8, 4) is 0 Å². The molecule has 26 heavy (non-hydrogen) atoms. The van der Waals surface area contributed by atoms with Gasteiger partial charge in [-0.25, -0.2) is 13.1 Å². The molecular weight excluding hydrogens is 368 g/mol. The van der Waals surface area contributed by atoms with Crippen molar-refractivity contribution in [3.63, 3.8) is 0 Å². The maximum Gasteiger partial charge on any atom is 0.263 e. The third kappa shape index (κ3) is 3.43. The van der Waals surface area contributed by atoms with Gasteiger partial charge in [-0.2, -0.15) is 0 Å². The Balaban J connectivity index is 1.54. The lowest BCUT2D eigenvalue weighted by Crippen LogP contribution is -2.30. The Morgan fingerprint density at radius 2 is 1.85 bits per heavy atom. The van der Waals surface area contributed by atoms with Crippen molar-refractivity contribution < 1.29 is 13.2 Å². The van der Waals surface area contributed by atoms with Gasteiger partial charge in [-0.05, 0) is 55.4 Å². The number of nitrogens with zero attached hydrogens (tertiary/aromatic N) is 1. The normalized spacial score (nSPS) is 20.2. The van der Waals surface area contributed by atoms with E-state index >= 15 is 0 Å². The van der Waals surface area contributed by atoms with E-state index in [1.54, 1.807) is 17.0 Å². The second kappa shape index (κ2) is 7.13. The maximum atomic E-state index is 12.8. The van der Waals surface area contributed by atoms with Crippen LogP contribution in [0, 0.1) is 0 Å². The molecule has 1 N–H and O–H groups in total. The summed E-state index contributed by atoms with van der Waals surface area (Å²) in [7, 11) is -3.64. The van der Waals surface area contributed by atoms with Gasteiger partial charge in [0.1, 0.15) is 4.21 Å². The largest absolute Gasteiger partial charge is 0.338 e. The highest BCUT2D eigenvalue weighted by molar-refractivity contribution is 7.91. The van der Waals surface area contributed by atoms with E-state index in [2.05, 4.69) is 10.8 Å². The lowest BCUT2D eigenvalue weighted by atomic mass is 9.88. The number of benzene rings is 1. The quantitative estimate of drug-likeness (QED) is 0.871. The van der Waals surface area contributed by atoms with Crippen molar-refractivity contribution in [2.45, 2.75) is 42.4 Å². The van der Waals surface area contributed by atoms with E-state index in [4.69, 9.17) is 0 Å². The minimum Gasteiger partial charge on any atom is -0.338 e. The van der Waals surface area contributed by atoms with Gasteiger partial charge in [0.05, 0.1) is 4.88 Å². The van der Waals surface area contributed by atoms with Crippen LogP contribution in [0.4, 0.5) is 0 Å². The molecule has 1 amide bonds. The summed E-state index contributed by atoms with van der Waals surface area (Å²) < 4.78 is 28.7. The molecule has 4 rings (SSSR count). The molecule has 1 aromatic heterocycles. The second-order valence-electron chi connectivity index (χ2n) is 6.88. The molecule has 138 valence electrons. The first-order valence-electron chi connectivity index (χ1n) is 9.04. The second-order valence-corrected chi connectivity index (χ2v) is 9.91. The first-order valence-corrected chi connectivity index (χ1v) is 11.3. The molecular formula is C19H22N2O3S2. The molecule has 0 bridgehead atoms. The standard InChI is InChI=1S/C19H22N2O3S2/c22-19(21-12-3-4-13-21)17-10-11-18(25-17)26(23,24)20-16-9-5-7-14-6-1-2-8-15(14)16/h1-2,6,8,10-11,16,20H,3-5,7,9,12-13H2/t16-/m0/s1. The van der Waals surface area contributed by atoms with Gasteiger partial charge in [0.25, 0.3) is 15.9 Å². The van der Waals surface area contributed by atoms with Crippen LogP contribution in [0.5, 0.6) is 0 Å². The third-order valence-corrected chi connectivity index (χ3v) is 8.15. The first kappa shape index (κ1) is 17.7. The fourth-order valence-electron chi connectivity index (χ4n) is 3.78. The number of sulfonamides is 1. The summed E-state index contributed by atoms with van der Waals surface area (Å²) in [6.07, 6.45) is 4.78. The van der Waals surface area contributed by atoms with Crippen LogP contribution >= 0.6 is 11.3 Å². The molecule has 1 saturated heterocycles. The van der Waals surface area contributed by atoms with Gasteiger partial charge in [-0.1, -0.05) is 24.3 Å². The van der Waals surface area contributed by atoms with Crippen LogP contribution in [0.15, 0.2) is 40.6 Å². The molecule has 5 nitrogen and oxygen atoms in total. The van der Waals surface area contributed by atoms with Crippen LogP contribution < -0.4 is 4.72 Å². The zero-order valence-electron chi connectivity index (χ0n) is 14.5. The van der Waals surface area contributed by atoms with E-state index in [0.717, 1.165) is 62.1 Å². The van der Waals surface area contributed by atoms with E-state index in [1.807, 2.05) is 18.2 Å². The predicted octanol–water partition coefficient (Wildman–Crippen LogP) is 3.34. The van der Waals surface area contributed by atoms with Crippen LogP contribution in [-0.2, 0) is 16.4 Å². The van der Waals surface area contributed by atoms with E-state index in [-0.39, 0.29) is 16.2 Å². The first-order chi connectivity index (χ1) is 12.5. The summed E-state index contributed by atoms with van der Waals surface area (Å²) in [6, 6.07) is 11.0. The molecule has 0 spiro atoms. The predicted molar refractivity (Wildman–Crippen MR) is 102 cm³/mol. The molecule has 1 fully saturated rings. The van der Waals surface area contributed by atoms with Gasteiger partial charge in [0, 0.05) is 19.1 Å². The Morgan fingerprint density at radius 1 is 1.08 bits per heavy atom. The summed E-state index contributed by atoms with van der Waals surface area (Å²) in [5.74, 6) is -0.0584. The molecule has 0 radical (unpaired) electrons. The smallest absolute Gasteiger partial charge is 0.263 e. The van der Waals surface area contributed by atoms with Crippen LogP contribution in [0.3, 0.4) is 0 Å². The number of carbonyl (C=O) groups excluding carboxylic acids is 1. The van der Waals surface area contributed by atoms with Crippen LogP contribution in [0.2, 0.25) is 0 Å². The number of aryl methyl sites for hydroxylation is 1. The topological polar surface area (TPSA) is 66.5 Å².